The molecule has 1 saturated heterocycles. The third kappa shape index (κ3) is 13.6. The van der Waals surface area contributed by atoms with Gasteiger partial charge in [0.25, 0.3) is 5.91 Å². The molecule has 0 radical (unpaired) electrons. The quantitative estimate of drug-likeness (QED) is 0.0230. The van der Waals surface area contributed by atoms with Crippen molar-refractivity contribution < 1.29 is 57.5 Å². The summed E-state index contributed by atoms with van der Waals surface area (Å²) >= 11 is 0. The normalized spacial score (nSPS) is 15.9. The summed E-state index contributed by atoms with van der Waals surface area (Å²) in [6, 6.07) is 12.7. The molecule has 1 saturated carbocycles. The van der Waals surface area contributed by atoms with Gasteiger partial charge in [-0.1, -0.05) is 63.1 Å². The Hall–Kier alpha value is -5.77. The van der Waals surface area contributed by atoms with Gasteiger partial charge in [0.2, 0.25) is 6.29 Å². The number of nitrogens with zero attached hydrogens (tertiary/aromatic N) is 1. The fourth-order valence-corrected chi connectivity index (χ4v) is 6.57. The second-order valence-corrected chi connectivity index (χ2v) is 15.5. The Labute approximate surface area is 355 Å². The SMILES string of the molecule is C=Cc1cc(C(=O)Cc2ccc(C(=N)CC(=O)OCCCCCC)cc2)c(-c2ccc(C(=O)NCC3CC3)nc2C(=O)OC(C)OC(=O)OCC2COC(C)(C)O2)cc1CO. The second-order valence-electron chi connectivity index (χ2n) is 15.5. The van der Waals surface area contributed by atoms with Crippen molar-refractivity contribution in [1.29, 1.82) is 5.41 Å². The first-order chi connectivity index (χ1) is 29.2. The average Bonchev–Trinajstić information content (AvgIpc) is 4.01. The van der Waals surface area contributed by atoms with E-state index in [0.717, 1.165) is 38.5 Å². The summed E-state index contributed by atoms with van der Waals surface area (Å²) in [5.74, 6) is -2.90. The predicted octanol–water partition coefficient (Wildman–Crippen LogP) is 7.14. The highest BCUT2D eigenvalue weighted by Crippen LogP contribution is 2.33. The van der Waals surface area contributed by atoms with E-state index in [1.54, 1.807) is 50.2 Å². The number of Topliss-reactive ketones (excluding diaryl/α,β-unsaturated/α-hetero) is 1. The molecular weight excluding hydrogens is 787 g/mol. The molecule has 0 bridgehead atoms. The van der Waals surface area contributed by atoms with Crippen molar-refractivity contribution in [2.24, 2.45) is 5.92 Å². The van der Waals surface area contributed by atoms with E-state index in [2.05, 4.69) is 23.8 Å². The molecule has 1 aliphatic heterocycles. The van der Waals surface area contributed by atoms with Crippen LogP contribution in [-0.4, -0.2) is 90.1 Å². The zero-order chi connectivity index (χ0) is 44.1. The number of aliphatic hydroxyl groups is 1. The van der Waals surface area contributed by atoms with E-state index in [1.807, 2.05) is 0 Å². The summed E-state index contributed by atoms with van der Waals surface area (Å²) in [6.45, 7) is 11.1. The van der Waals surface area contributed by atoms with Crippen molar-refractivity contribution in [1.82, 2.24) is 10.3 Å². The molecule has 61 heavy (non-hydrogen) atoms. The van der Waals surface area contributed by atoms with Gasteiger partial charge in [0, 0.05) is 36.7 Å². The number of hydrogen-bond donors (Lipinski definition) is 3. The van der Waals surface area contributed by atoms with Crippen molar-refractivity contribution in [3.8, 4) is 11.1 Å². The number of ether oxygens (including phenoxy) is 6. The number of benzene rings is 2. The van der Waals surface area contributed by atoms with Gasteiger partial charge in [-0.15, -0.1) is 0 Å². The molecule has 326 valence electrons. The maximum absolute atomic E-state index is 14.2. The fourth-order valence-electron chi connectivity index (χ4n) is 6.57. The Kier molecular flexibility index (Phi) is 16.4. The van der Waals surface area contributed by atoms with Crippen molar-refractivity contribution in [2.45, 2.75) is 104 Å². The molecule has 1 amide bonds. The van der Waals surface area contributed by atoms with E-state index in [-0.39, 0.29) is 65.6 Å². The number of amides is 1. The summed E-state index contributed by atoms with van der Waals surface area (Å²) in [6.07, 6.45) is 3.97. The number of ketones is 1. The Morgan fingerprint density at radius 1 is 1.02 bits per heavy atom. The van der Waals surface area contributed by atoms with Crippen LogP contribution in [0, 0.1) is 11.3 Å². The topological polar surface area (TPSA) is 210 Å². The molecule has 2 fully saturated rings. The molecule has 2 unspecified atom stereocenters. The number of esters is 2. The van der Waals surface area contributed by atoms with Gasteiger partial charge in [-0.3, -0.25) is 14.4 Å². The second kappa shape index (κ2) is 21.7. The number of rotatable bonds is 22. The number of aliphatic hydroxyl groups excluding tert-OH is 1. The van der Waals surface area contributed by atoms with E-state index in [0.29, 0.717) is 41.3 Å². The van der Waals surface area contributed by atoms with E-state index in [4.69, 9.17) is 33.8 Å². The molecule has 15 nitrogen and oxygen atoms in total. The van der Waals surface area contributed by atoms with Crippen molar-refractivity contribution in [2.75, 3.05) is 26.4 Å². The largest absolute Gasteiger partial charge is 0.511 e. The Morgan fingerprint density at radius 2 is 1.77 bits per heavy atom. The van der Waals surface area contributed by atoms with Gasteiger partial charge in [0.1, 0.15) is 18.4 Å². The van der Waals surface area contributed by atoms with E-state index in [1.165, 1.54) is 25.1 Å². The Morgan fingerprint density at radius 3 is 2.43 bits per heavy atom. The molecule has 3 N–H and O–H groups in total. The average molecular weight is 842 g/mol. The monoisotopic (exact) mass is 841 g/mol. The molecule has 5 rings (SSSR count). The molecule has 2 aromatic carbocycles. The molecule has 2 atom stereocenters. The van der Waals surface area contributed by atoms with Gasteiger partial charge in [-0.05, 0) is 91.1 Å². The van der Waals surface area contributed by atoms with Crippen LogP contribution >= 0.6 is 0 Å². The van der Waals surface area contributed by atoms with Crippen LogP contribution in [0.1, 0.15) is 126 Å². The molecule has 0 spiro atoms. The first-order valence-electron chi connectivity index (χ1n) is 20.6. The minimum atomic E-state index is -1.47. The maximum atomic E-state index is 14.2. The number of nitrogens with one attached hydrogen (secondary N) is 2. The van der Waals surface area contributed by atoms with Gasteiger partial charge in [0.15, 0.2) is 17.3 Å². The highest BCUT2D eigenvalue weighted by atomic mass is 16.8. The van der Waals surface area contributed by atoms with Crippen LogP contribution in [0.3, 0.4) is 0 Å². The Bertz CT molecular complexity index is 2090. The highest BCUT2D eigenvalue weighted by Gasteiger charge is 2.34. The minimum Gasteiger partial charge on any atom is -0.465 e. The predicted molar refractivity (Wildman–Crippen MR) is 224 cm³/mol. The number of carbonyl (C=O) groups is 5. The third-order valence-electron chi connectivity index (χ3n) is 10.1. The van der Waals surface area contributed by atoms with Crippen LogP contribution in [0.5, 0.6) is 0 Å². The van der Waals surface area contributed by atoms with Gasteiger partial charge < -0.3 is 44.3 Å². The standard InChI is InChI=1S/C46H55N3O12/c1-6-8-9-10-19-56-41(52)23-38(47)32-15-13-29(14-16-32)20-40(51)37-21-31(7-2)33(25-50)22-36(37)35-17-18-39(43(53)48-24-30-11-12-30)49-42(35)44(54)59-28(3)60-45(55)57-26-34-27-58-46(4,5)61-34/h7,13-18,21-22,28,30,34,47,50H,2,6,8-12,19-20,23-27H2,1,3-5H3,(H,48,53). The van der Waals surface area contributed by atoms with Gasteiger partial charge in [0.05, 0.1) is 26.2 Å². The number of pyridine rings is 1. The van der Waals surface area contributed by atoms with Crippen LogP contribution in [0.25, 0.3) is 17.2 Å². The zero-order valence-corrected chi connectivity index (χ0v) is 35.2. The molecule has 1 aromatic heterocycles. The van der Waals surface area contributed by atoms with E-state index < -0.39 is 48.8 Å². The first kappa shape index (κ1) is 46.3. The Balaban J connectivity index is 1.37. The smallest absolute Gasteiger partial charge is 0.465 e. The molecule has 2 heterocycles. The fraction of sp³-hybridized carbons (Fsp3) is 0.457. The van der Waals surface area contributed by atoms with Gasteiger partial charge in [-0.2, -0.15) is 0 Å². The van der Waals surface area contributed by atoms with Crippen molar-refractivity contribution in [3.05, 3.63) is 94.3 Å². The molecule has 1 aliphatic carbocycles. The zero-order valence-electron chi connectivity index (χ0n) is 35.2. The molecular formula is C46H55N3O12. The summed E-state index contributed by atoms with van der Waals surface area (Å²) in [5, 5.41) is 21.6. The van der Waals surface area contributed by atoms with Crippen molar-refractivity contribution >= 4 is 41.6 Å². The summed E-state index contributed by atoms with van der Waals surface area (Å²) in [5.41, 5.74) is 2.09. The lowest BCUT2D eigenvalue weighted by atomic mass is 9.89. The van der Waals surface area contributed by atoms with Crippen LogP contribution in [0.2, 0.25) is 0 Å². The number of hydrogen-bond acceptors (Lipinski definition) is 14. The molecule has 3 aromatic rings. The van der Waals surface area contributed by atoms with Gasteiger partial charge in [-0.25, -0.2) is 14.6 Å². The maximum Gasteiger partial charge on any atom is 0.511 e. The molecule has 15 heteroatoms. The van der Waals surface area contributed by atoms with Crippen LogP contribution < -0.4 is 5.32 Å². The van der Waals surface area contributed by atoms with Gasteiger partial charge >= 0.3 is 18.1 Å². The summed E-state index contributed by atoms with van der Waals surface area (Å²) < 4.78 is 32.2. The van der Waals surface area contributed by atoms with Crippen LogP contribution in [0.15, 0.2) is 55.1 Å². The molecule has 2 aliphatic rings. The van der Waals surface area contributed by atoms with E-state index >= 15 is 0 Å². The highest BCUT2D eigenvalue weighted by molar-refractivity contribution is 6.09. The number of unbranched alkanes of at least 4 members (excludes halogenated alkanes) is 3. The number of carbonyl (C=O) groups excluding carboxylic acids is 5. The lowest BCUT2D eigenvalue weighted by Gasteiger charge is -2.19. The minimum absolute atomic E-state index is 0.0834. The summed E-state index contributed by atoms with van der Waals surface area (Å²) in [4.78, 5) is 70.6. The third-order valence-corrected chi connectivity index (χ3v) is 10.1. The van der Waals surface area contributed by atoms with E-state index in [9.17, 15) is 29.1 Å². The summed E-state index contributed by atoms with van der Waals surface area (Å²) in [7, 11) is 0. The lowest BCUT2D eigenvalue weighted by Crippen LogP contribution is -2.29. The lowest BCUT2D eigenvalue weighted by molar-refractivity contribution is -0.145. The van der Waals surface area contributed by atoms with Crippen LogP contribution in [0.4, 0.5) is 4.79 Å². The van der Waals surface area contributed by atoms with Crippen molar-refractivity contribution in [3.63, 3.8) is 0 Å². The van der Waals surface area contributed by atoms with Crippen LogP contribution in [-0.2, 0) is 46.2 Å². The number of aromatic nitrogens is 1. The first-order valence-corrected chi connectivity index (χ1v) is 20.6.